The van der Waals surface area contributed by atoms with Gasteiger partial charge in [-0.05, 0) is 32.3 Å². The molecule has 1 aromatic rings. The van der Waals surface area contributed by atoms with E-state index in [2.05, 4.69) is 0 Å². The third-order valence-electron chi connectivity index (χ3n) is 4.26. The molecule has 2 rings (SSSR count). The molecule has 1 unspecified atom stereocenters. The highest BCUT2D eigenvalue weighted by Gasteiger charge is 2.36. The van der Waals surface area contributed by atoms with E-state index >= 15 is 0 Å². The zero-order valence-electron chi connectivity index (χ0n) is 12.0. The van der Waals surface area contributed by atoms with Gasteiger partial charge in [-0.1, -0.05) is 30.3 Å². The molecule has 1 fully saturated rings. The molecule has 0 aromatic heterocycles. The highest BCUT2D eigenvalue weighted by Crippen LogP contribution is 2.27. The number of hydrogen-bond acceptors (Lipinski definition) is 2. The van der Waals surface area contributed by atoms with Gasteiger partial charge in [0.15, 0.2) is 0 Å². The summed E-state index contributed by atoms with van der Waals surface area (Å²) in [4.78, 5) is 25.6. The number of carboxylic acids is 1. The molecule has 3 atom stereocenters. The molecule has 4 heteroatoms. The van der Waals surface area contributed by atoms with E-state index in [9.17, 15) is 14.7 Å². The highest BCUT2D eigenvalue weighted by molar-refractivity contribution is 5.84. The Morgan fingerprint density at radius 1 is 1.30 bits per heavy atom. The van der Waals surface area contributed by atoms with E-state index in [0.29, 0.717) is 13.0 Å². The summed E-state index contributed by atoms with van der Waals surface area (Å²) in [6.07, 6.45) is 1.41. The van der Waals surface area contributed by atoms with Crippen LogP contribution in [0.15, 0.2) is 30.3 Å². The molecule has 108 valence electrons. The van der Waals surface area contributed by atoms with E-state index in [1.54, 1.807) is 4.90 Å². The van der Waals surface area contributed by atoms with Crippen LogP contribution in [0.4, 0.5) is 0 Å². The SMILES string of the molecule is CC(C(=O)N1CCC[C@H](C(=O)O)[C@@H]1C)c1ccccc1. The van der Waals surface area contributed by atoms with E-state index in [-0.39, 0.29) is 17.9 Å². The van der Waals surface area contributed by atoms with Crippen molar-refractivity contribution in [2.45, 2.75) is 38.6 Å². The maximum Gasteiger partial charge on any atom is 0.308 e. The van der Waals surface area contributed by atoms with Gasteiger partial charge >= 0.3 is 5.97 Å². The Hall–Kier alpha value is -1.84. The summed E-state index contributed by atoms with van der Waals surface area (Å²) in [7, 11) is 0. The second kappa shape index (κ2) is 6.07. The van der Waals surface area contributed by atoms with E-state index in [0.717, 1.165) is 12.0 Å². The van der Waals surface area contributed by atoms with Gasteiger partial charge in [0.25, 0.3) is 0 Å². The van der Waals surface area contributed by atoms with Gasteiger partial charge < -0.3 is 10.0 Å². The summed E-state index contributed by atoms with van der Waals surface area (Å²) in [5.41, 5.74) is 0.974. The number of hydrogen-bond donors (Lipinski definition) is 1. The molecular formula is C16H21NO3. The van der Waals surface area contributed by atoms with Crippen LogP contribution in [-0.4, -0.2) is 34.5 Å². The van der Waals surface area contributed by atoms with Crippen molar-refractivity contribution >= 4 is 11.9 Å². The Balaban J connectivity index is 2.14. The predicted octanol–water partition coefficient (Wildman–Crippen LogP) is 2.50. The first-order valence-electron chi connectivity index (χ1n) is 7.10. The third kappa shape index (κ3) is 2.84. The quantitative estimate of drug-likeness (QED) is 0.922. The van der Waals surface area contributed by atoms with Crippen LogP contribution in [0.1, 0.15) is 38.2 Å². The highest BCUT2D eigenvalue weighted by atomic mass is 16.4. The molecule has 1 saturated heterocycles. The molecule has 1 heterocycles. The first kappa shape index (κ1) is 14.6. The zero-order chi connectivity index (χ0) is 14.7. The van der Waals surface area contributed by atoms with Gasteiger partial charge in [0, 0.05) is 12.6 Å². The summed E-state index contributed by atoms with van der Waals surface area (Å²) in [6.45, 7) is 4.38. The molecule has 0 aliphatic carbocycles. The van der Waals surface area contributed by atoms with Gasteiger partial charge in [-0.3, -0.25) is 9.59 Å². The lowest BCUT2D eigenvalue weighted by Crippen LogP contribution is -2.50. The van der Waals surface area contributed by atoms with Crippen LogP contribution in [0.2, 0.25) is 0 Å². The number of rotatable bonds is 3. The lowest BCUT2D eigenvalue weighted by Gasteiger charge is -2.39. The fourth-order valence-corrected chi connectivity index (χ4v) is 2.92. The zero-order valence-corrected chi connectivity index (χ0v) is 12.0. The number of amides is 1. The van der Waals surface area contributed by atoms with Crippen LogP contribution in [0.5, 0.6) is 0 Å². The lowest BCUT2D eigenvalue weighted by atomic mass is 9.88. The lowest BCUT2D eigenvalue weighted by molar-refractivity contribution is -0.149. The van der Waals surface area contributed by atoms with Crippen molar-refractivity contribution in [3.05, 3.63) is 35.9 Å². The second-order valence-electron chi connectivity index (χ2n) is 5.49. The normalized spacial score (nSPS) is 24.2. The molecule has 1 aliphatic heterocycles. The Labute approximate surface area is 119 Å². The van der Waals surface area contributed by atoms with Crippen LogP contribution in [-0.2, 0) is 9.59 Å². The molecule has 4 nitrogen and oxygen atoms in total. The van der Waals surface area contributed by atoms with E-state index in [1.165, 1.54) is 0 Å². The average Bonchev–Trinajstić information content (AvgIpc) is 2.46. The van der Waals surface area contributed by atoms with Crippen LogP contribution in [0.3, 0.4) is 0 Å². The minimum Gasteiger partial charge on any atom is -0.481 e. The minimum absolute atomic E-state index is 0.0228. The topological polar surface area (TPSA) is 57.6 Å². The van der Waals surface area contributed by atoms with Gasteiger partial charge in [0.05, 0.1) is 11.8 Å². The molecule has 20 heavy (non-hydrogen) atoms. The Bertz CT molecular complexity index is 486. The van der Waals surface area contributed by atoms with E-state index in [4.69, 9.17) is 0 Å². The van der Waals surface area contributed by atoms with Gasteiger partial charge in [-0.2, -0.15) is 0 Å². The largest absolute Gasteiger partial charge is 0.481 e. The standard InChI is InChI=1S/C16H21NO3/c1-11(13-7-4-3-5-8-13)15(18)17-10-6-9-14(12(17)2)16(19)20/h3-5,7-8,11-12,14H,6,9-10H2,1-2H3,(H,19,20)/t11?,12-,14-/m0/s1. The Morgan fingerprint density at radius 2 is 1.95 bits per heavy atom. The average molecular weight is 275 g/mol. The summed E-state index contributed by atoms with van der Waals surface area (Å²) >= 11 is 0. The number of aliphatic carboxylic acids is 1. The van der Waals surface area contributed by atoms with Crippen molar-refractivity contribution < 1.29 is 14.7 Å². The van der Waals surface area contributed by atoms with E-state index < -0.39 is 11.9 Å². The van der Waals surface area contributed by atoms with Crippen molar-refractivity contribution in [1.29, 1.82) is 0 Å². The van der Waals surface area contributed by atoms with Crippen molar-refractivity contribution in [3.8, 4) is 0 Å². The molecule has 0 radical (unpaired) electrons. The molecule has 1 amide bonds. The predicted molar refractivity (Wildman–Crippen MR) is 76.4 cm³/mol. The van der Waals surface area contributed by atoms with Crippen LogP contribution < -0.4 is 0 Å². The minimum atomic E-state index is -0.803. The van der Waals surface area contributed by atoms with E-state index in [1.807, 2.05) is 44.2 Å². The number of likely N-dealkylation sites (tertiary alicyclic amines) is 1. The first-order chi connectivity index (χ1) is 9.52. The fourth-order valence-electron chi connectivity index (χ4n) is 2.92. The molecule has 1 aromatic carbocycles. The van der Waals surface area contributed by atoms with Crippen molar-refractivity contribution in [1.82, 2.24) is 4.90 Å². The number of carbonyl (C=O) groups excluding carboxylic acids is 1. The number of benzene rings is 1. The number of piperidine rings is 1. The monoisotopic (exact) mass is 275 g/mol. The van der Waals surface area contributed by atoms with Crippen LogP contribution in [0.25, 0.3) is 0 Å². The molecule has 1 aliphatic rings. The molecule has 0 bridgehead atoms. The van der Waals surface area contributed by atoms with Crippen LogP contribution >= 0.6 is 0 Å². The summed E-state index contributed by atoms with van der Waals surface area (Å²) in [5, 5.41) is 9.23. The smallest absolute Gasteiger partial charge is 0.308 e. The van der Waals surface area contributed by atoms with Crippen molar-refractivity contribution in [2.24, 2.45) is 5.92 Å². The van der Waals surface area contributed by atoms with Gasteiger partial charge in [0.1, 0.15) is 0 Å². The maximum absolute atomic E-state index is 12.6. The second-order valence-corrected chi connectivity index (χ2v) is 5.49. The van der Waals surface area contributed by atoms with Gasteiger partial charge in [0.2, 0.25) is 5.91 Å². The maximum atomic E-state index is 12.6. The number of carbonyl (C=O) groups is 2. The van der Waals surface area contributed by atoms with Crippen molar-refractivity contribution in [3.63, 3.8) is 0 Å². The third-order valence-corrected chi connectivity index (χ3v) is 4.26. The molecule has 1 N–H and O–H groups in total. The Kier molecular flexibility index (Phi) is 4.42. The molecule has 0 spiro atoms. The summed E-state index contributed by atoms with van der Waals surface area (Å²) < 4.78 is 0. The summed E-state index contributed by atoms with van der Waals surface area (Å²) in [6, 6.07) is 9.39. The Morgan fingerprint density at radius 3 is 2.55 bits per heavy atom. The fraction of sp³-hybridized carbons (Fsp3) is 0.500. The molecular weight excluding hydrogens is 254 g/mol. The van der Waals surface area contributed by atoms with Gasteiger partial charge in [-0.25, -0.2) is 0 Å². The first-order valence-corrected chi connectivity index (χ1v) is 7.10. The van der Waals surface area contributed by atoms with Gasteiger partial charge in [-0.15, -0.1) is 0 Å². The number of carboxylic acid groups (broad SMARTS) is 1. The summed E-state index contributed by atoms with van der Waals surface area (Å²) in [5.74, 6) is -1.46. The number of nitrogens with zero attached hydrogens (tertiary/aromatic N) is 1. The van der Waals surface area contributed by atoms with Crippen LogP contribution in [0, 0.1) is 5.92 Å². The molecule has 0 saturated carbocycles. The van der Waals surface area contributed by atoms with Crippen molar-refractivity contribution in [2.75, 3.05) is 6.54 Å².